The second-order valence-corrected chi connectivity index (χ2v) is 2.82. The summed E-state index contributed by atoms with van der Waals surface area (Å²) in [6, 6.07) is 3.81. The molecule has 0 aliphatic carbocycles. The molecule has 0 radical (unpaired) electrons. The van der Waals surface area contributed by atoms with E-state index < -0.39 is 11.9 Å². The van der Waals surface area contributed by atoms with Gasteiger partial charge in [0, 0.05) is 17.1 Å². The van der Waals surface area contributed by atoms with Crippen LogP contribution in [0.1, 0.15) is 11.7 Å². The molecule has 0 aliphatic heterocycles. The van der Waals surface area contributed by atoms with Crippen LogP contribution in [0.3, 0.4) is 0 Å². The third-order valence-electron chi connectivity index (χ3n) is 1.54. The first-order valence-electron chi connectivity index (χ1n) is 3.48. The maximum Gasteiger partial charge on any atom is 0.123 e. The standard InChI is InChI=1S/C8H9ClFNO/c9-7-2-1-5(10)3-6(7)8(12)4-11/h1-3,8,12H,4,11H2/t8-/m1/s1. The van der Waals surface area contributed by atoms with Crippen LogP contribution in [0, 0.1) is 5.82 Å². The number of rotatable bonds is 2. The summed E-state index contributed by atoms with van der Waals surface area (Å²) in [6.45, 7) is 0.0309. The van der Waals surface area contributed by atoms with E-state index in [4.69, 9.17) is 17.3 Å². The van der Waals surface area contributed by atoms with Gasteiger partial charge in [-0.25, -0.2) is 4.39 Å². The van der Waals surface area contributed by atoms with Crippen molar-refractivity contribution in [2.45, 2.75) is 6.10 Å². The van der Waals surface area contributed by atoms with E-state index in [2.05, 4.69) is 0 Å². The summed E-state index contributed by atoms with van der Waals surface area (Å²) in [5.74, 6) is -0.429. The summed E-state index contributed by atoms with van der Waals surface area (Å²) in [5, 5.41) is 9.59. The Balaban J connectivity index is 3.04. The first-order chi connectivity index (χ1) is 5.65. The van der Waals surface area contributed by atoms with Crippen molar-refractivity contribution < 1.29 is 9.50 Å². The van der Waals surface area contributed by atoms with Crippen molar-refractivity contribution in [2.75, 3.05) is 6.54 Å². The fourth-order valence-electron chi connectivity index (χ4n) is 0.897. The maximum atomic E-state index is 12.6. The van der Waals surface area contributed by atoms with Crippen LogP contribution < -0.4 is 5.73 Å². The molecule has 0 heterocycles. The van der Waals surface area contributed by atoms with Gasteiger partial charge in [0.05, 0.1) is 6.10 Å². The Kier molecular flexibility index (Phi) is 3.03. The minimum Gasteiger partial charge on any atom is -0.387 e. The summed E-state index contributed by atoms with van der Waals surface area (Å²) in [7, 11) is 0. The molecule has 0 fully saturated rings. The van der Waals surface area contributed by atoms with Crippen LogP contribution in [0.15, 0.2) is 18.2 Å². The number of halogens is 2. The van der Waals surface area contributed by atoms with E-state index in [1.54, 1.807) is 0 Å². The summed E-state index contributed by atoms with van der Waals surface area (Å²) >= 11 is 5.69. The van der Waals surface area contributed by atoms with Crippen molar-refractivity contribution in [2.24, 2.45) is 5.73 Å². The molecule has 0 saturated heterocycles. The number of aliphatic hydroxyl groups is 1. The monoisotopic (exact) mass is 189 g/mol. The molecule has 66 valence electrons. The van der Waals surface area contributed by atoms with E-state index >= 15 is 0 Å². The van der Waals surface area contributed by atoms with Crippen LogP contribution in [-0.2, 0) is 0 Å². The Bertz CT molecular complexity index is 280. The third kappa shape index (κ3) is 1.94. The number of hydrogen-bond donors (Lipinski definition) is 2. The molecule has 0 unspecified atom stereocenters. The highest BCUT2D eigenvalue weighted by molar-refractivity contribution is 6.31. The van der Waals surface area contributed by atoms with Crippen LogP contribution in [-0.4, -0.2) is 11.7 Å². The van der Waals surface area contributed by atoms with Crippen LogP contribution in [0.2, 0.25) is 5.02 Å². The Hall–Kier alpha value is -0.640. The quantitative estimate of drug-likeness (QED) is 0.740. The smallest absolute Gasteiger partial charge is 0.123 e. The van der Waals surface area contributed by atoms with Gasteiger partial charge in [-0.2, -0.15) is 0 Å². The topological polar surface area (TPSA) is 46.2 Å². The molecule has 12 heavy (non-hydrogen) atoms. The predicted octanol–water partition coefficient (Wildman–Crippen LogP) is 1.47. The van der Waals surface area contributed by atoms with Gasteiger partial charge in [-0.05, 0) is 18.2 Å². The van der Waals surface area contributed by atoms with Crippen LogP contribution >= 0.6 is 11.6 Å². The highest BCUT2D eigenvalue weighted by atomic mass is 35.5. The van der Waals surface area contributed by atoms with Gasteiger partial charge < -0.3 is 10.8 Å². The van der Waals surface area contributed by atoms with E-state index in [9.17, 15) is 9.50 Å². The second-order valence-electron chi connectivity index (χ2n) is 2.42. The lowest BCUT2D eigenvalue weighted by molar-refractivity contribution is 0.186. The first kappa shape index (κ1) is 9.45. The molecule has 1 aromatic rings. The fourth-order valence-corrected chi connectivity index (χ4v) is 1.14. The van der Waals surface area contributed by atoms with Gasteiger partial charge in [-0.1, -0.05) is 11.6 Å². The van der Waals surface area contributed by atoms with Gasteiger partial charge in [0.25, 0.3) is 0 Å². The van der Waals surface area contributed by atoms with Crippen molar-refractivity contribution in [3.05, 3.63) is 34.6 Å². The molecule has 4 heteroatoms. The minimum atomic E-state index is -0.895. The van der Waals surface area contributed by atoms with Gasteiger partial charge in [0.1, 0.15) is 5.82 Å². The third-order valence-corrected chi connectivity index (χ3v) is 1.88. The van der Waals surface area contributed by atoms with Crippen molar-refractivity contribution in [3.8, 4) is 0 Å². The molecule has 0 amide bonds. The Morgan fingerprint density at radius 1 is 1.58 bits per heavy atom. The lowest BCUT2D eigenvalue weighted by atomic mass is 10.1. The zero-order valence-electron chi connectivity index (χ0n) is 6.30. The largest absolute Gasteiger partial charge is 0.387 e. The zero-order chi connectivity index (χ0) is 9.14. The molecule has 3 N–H and O–H groups in total. The maximum absolute atomic E-state index is 12.6. The summed E-state index contributed by atoms with van der Waals surface area (Å²) < 4.78 is 12.6. The Morgan fingerprint density at radius 3 is 2.83 bits per heavy atom. The average molecular weight is 190 g/mol. The molecular formula is C8H9ClFNO. The van der Waals surface area contributed by atoms with Gasteiger partial charge in [0.2, 0.25) is 0 Å². The van der Waals surface area contributed by atoms with Gasteiger partial charge >= 0.3 is 0 Å². The number of hydrogen-bond acceptors (Lipinski definition) is 2. The van der Waals surface area contributed by atoms with Crippen molar-refractivity contribution in [1.29, 1.82) is 0 Å². The fraction of sp³-hybridized carbons (Fsp3) is 0.250. The van der Waals surface area contributed by atoms with Crippen LogP contribution in [0.5, 0.6) is 0 Å². The molecule has 1 atom stereocenters. The molecule has 1 rings (SSSR count). The number of nitrogens with two attached hydrogens (primary N) is 1. The molecule has 0 saturated carbocycles. The predicted molar refractivity (Wildman–Crippen MR) is 45.4 cm³/mol. The zero-order valence-corrected chi connectivity index (χ0v) is 7.05. The summed E-state index contributed by atoms with van der Waals surface area (Å²) in [5.41, 5.74) is 5.52. The Morgan fingerprint density at radius 2 is 2.25 bits per heavy atom. The van der Waals surface area contributed by atoms with E-state index in [1.807, 2.05) is 0 Å². The lowest BCUT2D eigenvalue weighted by Crippen LogP contribution is -2.12. The normalized spacial score (nSPS) is 13.0. The van der Waals surface area contributed by atoms with E-state index in [0.29, 0.717) is 10.6 Å². The van der Waals surface area contributed by atoms with Gasteiger partial charge in [0.15, 0.2) is 0 Å². The van der Waals surface area contributed by atoms with Crippen LogP contribution in [0.4, 0.5) is 4.39 Å². The van der Waals surface area contributed by atoms with E-state index in [0.717, 1.165) is 0 Å². The highest BCUT2D eigenvalue weighted by Gasteiger charge is 2.09. The van der Waals surface area contributed by atoms with Crippen molar-refractivity contribution in [1.82, 2.24) is 0 Å². The summed E-state index contributed by atoms with van der Waals surface area (Å²) in [4.78, 5) is 0. The minimum absolute atomic E-state index is 0.0309. The van der Waals surface area contributed by atoms with Gasteiger partial charge in [-0.15, -0.1) is 0 Å². The molecule has 0 spiro atoms. The van der Waals surface area contributed by atoms with Gasteiger partial charge in [-0.3, -0.25) is 0 Å². The average Bonchev–Trinajstić information content (AvgIpc) is 2.08. The lowest BCUT2D eigenvalue weighted by Gasteiger charge is -2.09. The number of benzene rings is 1. The Labute approximate surface area is 74.8 Å². The molecular weight excluding hydrogens is 181 g/mol. The SMILES string of the molecule is NC[C@@H](O)c1cc(F)ccc1Cl. The number of aliphatic hydroxyl groups excluding tert-OH is 1. The molecule has 0 aliphatic rings. The molecule has 0 aromatic heterocycles. The molecule has 2 nitrogen and oxygen atoms in total. The van der Waals surface area contributed by atoms with E-state index in [1.165, 1.54) is 18.2 Å². The summed E-state index contributed by atoms with van der Waals surface area (Å²) in [6.07, 6.45) is -0.895. The van der Waals surface area contributed by atoms with Crippen LogP contribution in [0.25, 0.3) is 0 Å². The molecule has 0 bridgehead atoms. The second kappa shape index (κ2) is 3.85. The molecule has 1 aromatic carbocycles. The van der Waals surface area contributed by atoms with E-state index in [-0.39, 0.29) is 6.54 Å². The first-order valence-corrected chi connectivity index (χ1v) is 3.86. The van der Waals surface area contributed by atoms with Crippen molar-refractivity contribution in [3.63, 3.8) is 0 Å². The van der Waals surface area contributed by atoms with Crippen molar-refractivity contribution >= 4 is 11.6 Å². The highest BCUT2D eigenvalue weighted by Crippen LogP contribution is 2.22.